The smallest absolute Gasteiger partial charge is 0.414 e. The first kappa shape index (κ1) is 22.9. The first-order valence-electron chi connectivity index (χ1n) is 11.2. The second-order valence-corrected chi connectivity index (χ2v) is 8.85. The number of hydrogen-bond acceptors (Lipinski definition) is 7. The number of nitrogens with zero attached hydrogens (tertiary/aromatic N) is 6. The van der Waals surface area contributed by atoms with Crippen molar-refractivity contribution in [2.45, 2.75) is 31.4 Å². The van der Waals surface area contributed by atoms with Gasteiger partial charge in [0.2, 0.25) is 0 Å². The van der Waals surface area contributed by atoms with Crippen LogP contribution in [0.15, 0.2) is 42.7 Å². The summed E-state index contributed by atoms with van der Waals surface area (Å²) in [6.45, 7) is 3.28. The largest absolute Gasteiger partial charge is 0.442 e. The van der Waals surface area contributed by atoms with Gasteiger partial charge in [-0.05, 0) is 37.6 Å². The lowest BCUT2D eigenvalue weighted by Crippen LogP contribution is -2.31. The third-order valence-electron chi connectivity index (χ3n) is 6.62. The van der Waals surface area contributed by atoms with Gasteiger partial charge in [-0.3, -0.25) is 9.88 Å². The van der Waals surface area contributed by atoms with Crippen molar-refractivity contribution < 1.29 is 23.0 Å². The lowest BCUT2D eigenvalue weighted by Gasteiger charge is -2.27. The fourth-order valence-corrected chi connectivity index (χ4v) is 4.51. The van der Waals surface area contributed by atoms with E-state index in [4.69, 9.17) is 9.47 Å². The number of pyridine rings is 1. The molecular formula is C24H22F2N6O3. The van der Waals surface area contributed by atoms with Crippen LogP contribution >= 0.6 is 0 Å². The maximum atomic E-state index is 15.1. The van der Waals surface area contributed by atoms with Crippen molar-refractivity contribution in [1.29, 1.82) is 5.26 Å². The van der Waals surface area contributed by atoms with E-state index in [1.54, 1.807) is 30.5 Å². The van der Waals surface area contributed by atoms with Gasteiger partial charge in [0, 0.05) is 29.8 Å². The van der Waals surface area contributed by atoms with Gasteiger partial charge in [0.15, 0.2) is 0 Å². The van der Waals surface area contributed by atoms with Gasteiger partial charge in [0.1, 0.15) is 17.3 Å². The Hall–Kier alpha value is -3.91. The number of carbonyl (C=O) groups excluding carboxylic acids is 1. The summed E-state index contributed by atoms with van der Waals surface area (Å²) >= 11 is 0. The average molecular weight is 480 g/mol. The molecule has 2 aliphatic heterocycles. The number of amides is 1. The zero-order chi connectivity index (χ0) is 24.6. The zero-order valence-electron chi connectivity index (χ0n) is 18.9. The summed E-state index contributed by atoms with van der Waals surface area (Å²) in [5.41, 5.74) is 1.04. The molecule has 3 aromatic rings. The first-order valence-corrected chi connectivity index (χ1v) is 11.2. The number of benzene rings is 1. The summed E-state index contributed by atoms with van der Waals surface area (Å²) < 4.78 is 40.1. The predicted octanol–water partition coefficient (Wildman–Crippen LogP) is 3.46. The van der Waals surface area contributed by atoms with Crippen molar-refractivity contribution in [3.63, 3.8) is 0 Å². The molecule has 5 rings (SSSR count). The molecule has 4 heterocycles. The fourth-order valence-electron chi connectivity index (χ4n) is 4.51. The maximum absolute atomic E-state index is 15.1. The van der Waals surface area contributed by atoms with Gasteiger partial charge in [0.25, 0.3) is 5.95 Å². The van der Waals surface area contributed by atoms with Crippen LogP contribution in [0.2, 0.25) is 0 Å². The number of carbonyl (C=O) groups is 1. The Bertz CT molecular complexity index is 1290. The molecule has 3 atom stereocenters. The Morgan fingerprint density at radius 3 is 2.77 bits per heavy atom. The van der Waals surface area contributed by atoms with E-state index in [2.05, 4.69) is 21.4 Å². The van der Waals surface area contributed by atoms with Gasteiger partial charge >= 0.3 is 6.09 Å². The Labute approximate surface area is 199 Å². The quantitative estimate of drug-likeness (QED) is 0.532. The molecule has 2 aromatic heterocycles. The van der Waals surface area contributed by atoms with Crippen LogP contribution in [-0.2, 0) is 21.4 Å². The van der Waals surface area contributed by atoms with Gasteiger partial charge in [-0.1, -0.05) is 16.4 Å². The molecule has 35 heavy (non-hydrogen) atoms. The third-order valence-corrected chi connectivity index (χ3v) is 6.62. The van der Waals surface area contributed by atoms with Gasteiger partial charge in [-0.15, -0.1) is 0 Å². The average Bonchev–Trinajstić information content (AvgIpc) is 3.61. The number of ether oxygens (including phenoxy) is 2. The molecule has 2 saturated heterocycles. The molecule has 180 valence electrons. The van der Waals surface area contributed by atoms with E-state index in [9.17, 15) is 14.4 Å². The van der Waals surface area contributed by atoms with Crippen molar-refractivity contribution in [3.05, 3.63) is 60.2 Å². The minimum Gasteiger partial charge on any atom is -0.442 e. The second kappa shape index (κ2) is 9.03. The highest BCUT2D eigenvalue weighted by molar-refractivity contribution is 5.90. The molecule has 1 aromatic carbocycles. The van der Waals surface area contributed by atoms with Gasteiger partial charge in [-0.2, -0.15) is 9.65 Å². The van der Waals surface area contributed by atoms with Gasteiger partial charge in [0.05, 0.1) is 43.3 Å². The van der Waals surface area contributed by atoms with E-state index < -0.39 is 29.4 Å². The SMILES string of the molecule is C[C@](C#N)(c1ccc(-c2ccc(N3C[C@H](Cn4cc(F)nn4)OC3=O)cc2F)cn1)C1CCOC1. The standard InChI is InChI=1S/C24H22F2N6O3/c1-24(14-27,16-6-7-34-13-16)21-5-2-15(9-28-21)19-4-3-17(8-20(19)25)32-11-18(35-23(32)33)10-31-12-22(26)29-30-31/h2-5,8-9,12,16,18H,6-7,10-11,13H2,1H3/t16?,18-,24+/m0/s1. The first-order chi connectivity index (χ1) is 16.9. The zero-order valence-corrected chi connectivity index (χ0v) is 18.9. The highest BCUT2D eigenvalue weighted by atomic mass is 19.1. The summed E-state index contributed by atoms with van der Waals surface area (Å²) in [5, 5.41) is 16.7. The molecule has 9 nitrogen and oxygen atoms in total. The van der Waals surface area contributed by atoms with E-state index in [0.717, 1.165) is 12.6 Å². The van der Waals surface area contributed by atoms with Crippen molar-refractivity contribution in [2.75, 3.05) is 24.7 Å². The number of aromatic nitrogens is 4. The molecule has 0 N–H and O–H groups in total. The summed E-state index contributed by atoms with van der Waals surface area (Å²) in [4.78, 5) is 18.1. The van der Waals surface area contributed by atoms with Crippen LogP contribution in [0.25, 0.3) is 11.1 Å². The minimum absolute atomic E-state index is 0.0505. The van der Waals surface area contributed by atoms with Crippen LogP contribution in [0.3, 0.4) is 0 Å². The maximum Gasteiger partial charge on any atom is 0.414 e. The molecule has 0 saturated carbocycles. The molecular weight excluding hydrogens is 458 g/mol. The number of cyclic esters (lactones) is 1. The monoisotopic (exact) mass is 480 g/mol. The number of hydrogen-bond donors (Lipinski definition) is 0. The minimum atomic E-state index is -0.790. The summed E-state index contributed by atoms with van der Waals surface area (Å²) in [5.74, 6) is -1.20. The van der Waals surface area contributed by atoms with Crippen LogP contribution in [0, 0.1) is 29.0 Å². The molecule has 2 fully saturated rings. The molecule has 1 unspecified atom stereocenters. The highest BCUT2D eigenvalue weighted by Gasteiger charge is 2.40. The number of rotatable bonds is 6. The molecule has 0 spiro atoms. The van der Waals surface area contributed by atoms with E-state index in [-0.39, 0.29) is 19.0 Å². The summed E-state index contributed by atoms with van der Waals surface area (Å²) in [6, 6.07) is 10.3. The van der Waals surface area contributed by atoms with Crippen molar-refractivity contribution >= 4 is 11.8 Å². The topological polar surface area (TPSA) is 106 Å². The Morgan fingerprint density at radius 1 is 1.29 bits per heavy atom. The van der Waals surface area contributed by atoms with Crippen molar-refractivity contribution in [3.8, 4) is 17.2 Å². The molecule has 0 radical (unpaired) electrons. The van der Waals surface area contributed by atoms with Crippen LogP contribution in [0.5, 0.6) is 0 Å². The van der Waals surface area contributed by atoms with Gasteiger partial charge < -0.3 is 9.47 Å². The number of nitriles is 1. The molecule has 0 aliphatic carbocycles. The van der Waals surface area contributed by atoms with Crippen LogP contribution in [0.4, 0.5) is 19.3 Å². The lowest BCUT2D eigenvalue weighted by atomic mass is 9.75. The van der Waals surface area contributed by atoms with Gasteiger partial charge in [-0.25, -0.2) is 13.9 Å². The van der Waals surface area contributed by atoms with Crippen LogP contribution < -0.4 is 4.90 Å². The number of halogens is 2. The van der Waals surface area contributed by atoms with Crippen molar-refractivity contribution in [2.24, 2.45) is 5.92 Å². The summed E-state index contributed by atoms with van der Waals surface area (Å²) in [7, 11) is 0. The second-order valence-electron chi connectivity index (χ2n) is 8.85. The van der Waals surface area contributed by atoms with E-state index in [1.165, 1.54) is 15.6 Å². The van der Waals surface area contributed by atoms with E-state index >= 15 is 4.39 Å². The number of anilines is 1. The predicted molar refractivity (Wildman–Crippen MR) is 119 cm³/mol. The molecule has 11 heteroatoms. The Morgan fingerprint density at radius 2 is 2.14 bits per heavy atom. The molecule has 2 aliphatic rings. The normalized spacial score (nSPS) is 21.5. The molecule has 0 bridgehead atoms. The Kier molecular flexibility index (Phi) is 5.90. The van der Waals surface area contributed by atoms with E-state index in [1.807, 2.05) is 6.92 Å². The van der Waals surface area contributed by atoms with Crippen molar-refractivity contribution in [1.82, 2.24) is 20.0 Å². The van der Waals surface area contributed by atoms with Crippen LogP contribution in [0.1, 0.15) is 19.0 Å². The Balaban J connectivity index is 1.32. The van der Waals surface area contributed by atoms with Crippen LogP contribution in [-0.4, -0.2) is 51.9 Å². The van der Waals surface area contributed by atoms with E-state index in [0.29, 0.717) is 35.7 Å². The highest BCUT2D eigenvalue weighted by Crippen LogP contribution is 2.36. The third kappa shape index (κ3) is 4.33. The molecule has 1 amide bonds. The summed E-state index contributed by atoms with van der Waals surface area (Å²) in [6.07, 6.45) is 2.24. The lowest BCUT2D eigenvalue weighted by molar-refractivity contribution is 0.129. The fraction of sp³-hybridized carbons (Fsp3) is 0.375.